The first-order valence-electron chi connectivity index (χ1n) is 7.61. The lowest BCUT2D eigenvalue weighted by Gasteiger charge is -2.38. The van der Waals surface area contributed by atoms with Crippen LogP contribution in [-0.2, 0) is 0 Å². The van der Waals surface area contributed by atoms with Crippen molar-refractivity contribution in [3.05, 3.63) is 11.1 Å². The minimum atomic E-state index is 0.0809. The highest BCUT2D eigenvalue weighted by Crippen LogP contribution is 2.27. The molecule has 0 aromatic rings. The number of nitrogens with zero attached hydrogens (tertiary/aromatic N) is 2. The Bertz CT molecular complexity index is 313. The van der Waals surface area contributed by atoms with Crippen molar-refractivity contribution in [1.82, 2.24) is 15.1 Å². The van der Waals surface area contributed by atoms with Crippen LogP contribution in [0.1, 0.15) is 33.6 Å². The number of halogens is 1. The van der Waals surface area contributed by atoms with Gasteiger partial charge in [-0.3, -0.25) is 9.80 Å². The van der Waals surface area contributed by atoms with E-state index in [1.807, 2.05) is 0 Å². The number of rotatable bonds is 4. The van der Waals surface area contributed by atoms with Crippen LogP contribution in [-0.4, -0.2) is 60.6 Å². The molecular weight excluding hydrogens is 258 g/mol. The maximum Gasteiger partial charge on any atom is 0.108 e. The summed E-state index contributed by atoms with van der Waals surface area (Å²) in [5, 5.41) is 3.42. The highest BCUT2D eigenvalue weighted by molar-refractivity contribution is 6.22. The summed E-state index contributed by atoms with van der Waals surface area (Å²) < 4.78 is 0. The van der Waals surface area contributed by atoms with E-state index in [2.05, 4.69) is 35.9 Å². The minimum Gasteiger partial charge on any atom is -0.314 e. The predicted octanol–water partition coefficient (Wildman–Crippen LogP) is 2.28. The molecule has 0 aromatic heterocycles. The van der Waals surface area contributed by atoms with E-state index >= 15 is 0 Å². The minimum absolute atomic E-state index is 0.0809. The van der Waals surface area contributed by atoms with E-state index in [1.165, 1.54) is 24.0 Å². The molecule has 2 unspecified atom stereocenters. The van der Waals surface area contributed by atoms with Crippen LogP contribution in [0.25, 0.3) is 0 Å². The molecule has 0 saturated carbocycles. The second-order valence-electron chi connectivity index (χ2n) is 6.00. The number of hydrogen-bond donors (Lipinski definition) is 1. The van der Waals surface area contributed by atoms with Crippen molar-refractivity contribution < 1.29 is 0 Å². The Morgan fingerprint density at radius 3 is 2.11 bits per heavy atom. The van der Waals surface area contributed by atoms with Gasteiger partial charge in [0.2, 0.25) is 0 Å². The highest BCUT2D eigenvalue weighted by atomic mass is 35.5. The predicted molar refractivity (Wildman–Crippen MR) is 82.7 cm³/mol. The molecule has 0 aliphatic carbocycles. The van der Waals surface area contributed by atoms with E-state index in [0.29, 0.717) is 6.04 Å². The van der Waals surface area contributed by atoms with E-state index < -0.39 is 0 Å². The van der Waals surface area contributed by atoms with Crippen LogP contribution >= 0.6 is 11.6 Å². The SMILES string of the molecule is CC(C)=C(C(C)N1CCNCC1)C(Cl)N1CCCC1. The van der Waals surface area contributed by atoms with Gasteiger partial charge in [-0.1, -0.05) is 5.57 Å². The van der Waals surface area contributed by atoms with Gasteiger partial charge in [-0.15, -0.1) is 11.6 Å². The lowest BCUT2D eigenvalue weighted by molar-refractivity contribution is 0.191. The summed E-state index contributed by atoms with van der Waals surface area (Å²) in [5.74, 6) is 0. The van der Waals surface area contributed by atoms with Crippen LogP contribution in [0.5, 0.6) is 0 Å². The Balaban J connectivity index is 2.08. The zero-order valence-electron chi connectivity index (χ0n) is 12.6. The molecule has 2 saturated heterocycles. The average Bonchev–Trinajstić information content (AvgIpc) is 2.93. The molecule has 2 atom stereocenters. The van der Waals surface area contributed by atoms with Crippen molar-refractivity contribution >= 4 is 11.6 Å². The molecule has 4 heteroatoms. The second-order valence-corrected chi connectivity index (χ2v) is 6.41. The van der Waals surface area contributed by atoms with Crippen LogP contribution in [0.3, 0.4) is 0 Å². The number of alkyl halides is 1. The Morgan fingerprint density at radius 2 is 1.58 bits per heavy atom. The van der Waals surface area contributed by atoms with Crippen LogP contribution in [0, 0.1) is 0 Å². The van der Waals surface area contributed by atoms with Gasteiger partial charge >= 0.3 is 0 Å². The molecule has 2 fully saturated rings. The van der Waals surface area contributed by atoms with Gasteiger partial charge in [-0.2, -0.15) is 0 Å². The quantitative estimate of drug-likeness (QED) is 0.486. The molecule has 2 aliphatic rings. The van der Waals surface area contributed by atoms with Gasteiger partial charge in [0, 0.05) is 32.2 Å². The first-order valence-corrected chi connectivity index (χ1v) is 8.05. The lowest BCUT2D eigenvalue weighted by atomic mass is 10.0. The van der Waals surface area contributed by atoms with E-state index in [9.17, 15) is 0 Å². The maximum absolute atomic E-state index is 6.79. The summed E-state index contributed by atoms with van der Waals surface area (Å²) in [6.07, 6.45) is 2.59. The zero-order valence-corrected chi connectivity index (χ0v) is 13.3. The number of piperazine rings is 1. The first kappa shape index (κ1) is 15.3. The van der Waals surface area contributed by atoms with Gasteiger partial charge in [0.15, 0.2) is 0 Å². The lowest BCUT2D eigenvalue weighted by Crippen LogP contribution is -2.50. The molecule has 2 heterocycles. The first-order chi connectivity index (χ1) is 9.11. The average molecular weight is 286 g/mol. The number of likely N-dealkylation sites (tertiary alicyclic amines) is 1. The van der Waals surface area contributed by atoms with Gasteiger partial charge in [0.25, 0.3) is 0 Å². The Morgan fingerprint density at radius 1 is 1.00 bits per heavy atom. The van der Waals surface area contributed by atoms with Crippen molar-refractivity contribution in [3.8, 4) is 0 Å². The second kappa shape index (κ2) is 7.07. The fourth-order valence-electron chi connectivity index (χ4n) is 3.29. The van der Waals surface area contributed by atoms with Crippen LogP contribution in [0.15, 0.2) is 11.1 Å². The standard InChI is InChI=1S/C15H28ClN3/c1-12(2)14(15(16)19-8-4-5-9-19)13(3)18-10-6-17-7-11-18/h13,15,17H,4-11H2,1-3H3. The van der Waals surface area contributed by atoms with Gasteiger partial charge in [-0.05, 0) is 52.3 Å². The van der Waals surface area contributed by atoms with Crippen molar-refractivity contribution in [3.63, 3.8) is 0 Å². The van der Waals surface area contributed by atoms with Crippen LogP contribution < -0.4 is 5.32 Å². The summed E-state index contributed by atoms with van der Waals surface area (Å²) in [5.41, 5.74) is 2.89. The van der Waals surface area contributed by atoms with E-state index in [0.717, 1.165) is 39.3 Å². The molecular formula is C15H28ClN3. The van der Waals surface area contributed by atoms with Crippen LogP contribution in [0.4, 0.5) is 0 Å². The van der Waals surface area contributed by atoms with Gasteiger partial charge in [0.1, 0.15) is 5.50 Å². The van der Waals surface area contributed by atoms with E-state index in [-0.39, 0.29) is 5.50 Å². The molecule has 2 rings (SSSR count). The number of allylic oxidation sites excluding steroid dienone is 1. The topological polar surface area (TPSA) is 18.5 Å². The van der Waals surface area contributed by atoms with Gasteiger partial charge in [-0.25, -0.2) is 0 Å². The summed E-state index contributed by atoms with van der Waals surface area (Å²) in [6.45, 7) is 13.5. The van der Waals surface area contributed by atoms with Gasteiger partial charge in [0.05, 0.1) is 0 Å². The molecule has 0 spiro atoms. The van der Waals surface area contributed by atoms with Crippen molar-refractivity contribution in [2.45, 2.75) is 45.2 Å². The summed E-state index contributed by atoms with van der Waals surface area (Å²) >= 11 is 6.79. The Hall–Kier alpha value is -0.0900. The molecule has 2 aliphatic heterocycles. The molecule has 0 bridgehead atoms. The molecule has 0 radical (unpaired) electrons. The highest BCUT2D eigenvalue weighted by Gasteiger charge is 2.30. The summed E-state index contributed by atoms with van der Waals surface area (Å²) in [7, 11) is 0. The summed E-state index contributed by atoms with van der Waals surface area (Å²) in [6, 6.07) is 0.454. The van der Waals surface area contributed by atoms with Crippen molar-refractivity contribution in [2.24, 2.45) is 0 Å². The molecule has 0 amide bonds. The largest absolute Gasteiger partial charge is 0.314 e. The Kier molecular flexibility index (Phi) is 5.70. The van der Waals surface area contributed by atoms with Crippen LogP contribution in [0.2, 0.25) is 0 Å². The van der Waals surface area contributed by atoms with E-state index in [4.69, 9.17) is 11.6 Å². The third kappa shape index (κ3) is 3.72. The van der Waals surface area contributed by atoms with Crippen molar-refractivity contribution in [2.75, 3.05) is 39.3 Å². The number of nitrogens with one attached hydrogen (secondary N) is 1. The Labute approximate surface area is 123 Å². The zero-order chi connectivity index (χ0) is 13.8. The van der Waals surface area contributed by atoms with Gasteiger partial charge < -0.3 is 5.32 Å². The molecule has 0 aromatic carbocycles. The monoisotopic (exact) mass is 285 g/mol. The van der Waals surface area contributed by atoms with E-state index in [1.54, 1.807) is 0 Å². The molecule has 110 valence electrons. The smallest absolute Gasteiger partial charge is 0.108 e. The molecule has 19 heavy (non-hydrogen) atoms. The van der Waals surface area contributed by atoms with Crippen molar-refractivity contribution in [1.29, 1.82) is 0 Å². The maximum atomic E-state index is 6.79. The fourth-order valence-corrected chi connectivity index (χ4v) is 3.88. The summed E-state index contributed by atoms with van der Waals surface area (Å²) in [4.78, 5) is 4.99. The molecule has 1 N–H and O–H groups in total. The third-order valence-electron chi connectivity index (χ3n) is 4.44. The fraction of sp³-hybridized carbons (Fsp3) is 0.867. The number of hydrogen-bond acceptors (Lipinski definition) is 3. The molecule has 3 nitrogen and oxygen atoms in total. The third-order valence-corrected chi connectivity index (χ3v) is 4.96. The normalized spacial score (nSPS) is 25.3.